The van der Waals surface area contributed by atoms with Gasteiger partial charge < -0.3 is 10.1 Å². The maximum atomic E-state index is 12.2. The Bertz CT molecular complexity index is 930. The largest absolute Gasteiger partial charge is 0.493 e. The van der Waals surface area contributed by atoms with Gasteiger partial charge in [0.2, 0.25) is 5.91 Å². The van der Waals surface area contributed by atoms with Crippen LogP contribution < -0.4 is 10.1 Å². The van der Waals surface area contributed by atoms with E-state index in [0.29, 0.717) is 22.2 Å². The topological polar surface area (TPSA) is 79.9 Å². The van der Waals surface area contributed by atoms with Gasteiger partial charge in [0.15, 0.2) is 5.82 Å². The van der Waals surface area contributed by atoms with E-state index in [-0.39, 0.29) is 18.9 Å². The molecule has 0 radical (unpaired) electrons. The second kappa shape index (κ2) is 8.19. The van der Waals surface area contributed by atoms with Crippen LogP contribution >= 0.6 is 11.6 Å². The number of aromatic nitrogens is 2. The van der Waals surface area contributed by atoms with Gasteiger partial charge in [0, 0.05) is 5.02 Å². The highest BCUT2D eigenvalue weighted by atomic mass is 35.5. The van der Waals surface area contributed by atoms with E-state index in [4.69, 9.17) is 16.3 Å². The van der Waals surface area contributed by atoms with Crippen LogP contribution in [-0.4, -0.2) is 22.3 Å². The number of carbonyl (C=O) groups is 1. The van der Waals surface area contributed by atoms with E-state index in [1.165, 1.54) is 10.9 Å². The van der Waals surface area contributed by atoms with Gasteiger partial charge in [-0.25, -0.2) is 4.68 Å². The highest BCUT2D eigenvalue weighted by Gasteiger charge is 2.15. The van der Waals surface area contributed by atoms with E-state index < -0.39 is 0 Å². The smallest absolute Gasteiger partial charge is 0.228 e. The van der Waals surface area contributed by atoms with E-state index in [1.54, 1.807) is 24.3 Å². The first-order valence-corrected chi connectivity index (χ1v) is 8.27. The zero-order valence-corrected chi connectivity index (χ0v) is 14.5. The first-order chi connectivity index (χ1) is 12.7. The molecule has 1 N–H and O–H groups in total. The molecule has 1 aromatic heterocycles. The molecule has 0 bridgehead atoms. The molecule has 2 aromatic carbocycles. The molecular formula is C19H15ClN4O2. The number of nitrogens with one attached hydrogen (secondary N) is 1. The van der Waals surface area contributed by atoms with Crippen molar-refractivity contribution in [2.24, 2.45) is 0 Å². The number of hydrogen-bond acceptors (Lipinski definition) is 4. The van der Waals surface area contributed by atoms with Crippen molar-refractivity contribution in [2.45, 2.75) is 6.42 Å². The SMILES string of the molecule is N#Cc1cnn(-c2ccccc2)c1NC(=O)CCOc1ccc(Cl)cc1. The second-order valence-corrected chi connectivity index (χ2v) is 5.80. The molecule has 0 unspecified atom stereocenters. The first kappa shape index (κ1) is 17.5. The molecule has 0 saturated heterocycles. The highest BCUT2D eigenvalue weighted by molar-refractivity contribution is 6.30. The van der Waals surface area contributed by atoms with Gasteiger partial charge >= 0.3 is 0 Å². The molecule has 0 aliphatic carbocycles. The van der Waals surface area contributed by atoms with Crippen LogP contribution in [0.2, 0.25) is 5.02 Å². The van der Waals surface area contributed by atoms with Crippen molar-refractivity contribution < 1.29 is 9.53 Å². The number of nitriles is 1. The number of hydrogen-bond donors (Lipinski definition) is 1. The van der Waals surface area contributed by atoms with Crippen LogP contribution in [0.1, 0.15) is 12.0 Å². The summed E-state index contributed by atoms with van der Waals surface area (Å²) in [5, 5.41) is 16.8. The Morgan fingerprint density at radius 2 is 1.92 bits per heavy atom. The van der Waals surface area contributed by atoms with E-state index in [1.807, 2.05) is 36.4 Å². The minimum Gasteiger partial charge on any atom is -0.493 e. The Balaban J connectivity index is 1.65. The van der Waals surface area contributed by atoms with Crippen LogP contribution in [0.15, 0.2) is 60.8 Å². The number of amides is 1. The molecule has 130 valence electrons. The lowest BCUT2D eigenvalue weighted by atomic mass is 10.3. The zero-order valence-electron chi connectivity index (χ0n) is 13.7. The molecule has 1 amide bonds. The van der Waals surface area contributed by atoms with Crippen LogP contribution in [0.25, 0.3) is 5.69 Å². The zero-order chi connectivity index (χ0) is 18.4. The van der Waals surface area contributed by atoms with Crippen molar-refractivity contribution in [1.29, 1.82) is 5.26 Å². The number of anilines is 1. The molecular weight excluding hydrogens is 352 g/mol. The Morgan fingerprint density at radius 3 is 2.62 bits per heavy atom. The summed E-state index contributed by atoms with van der Waals surface area (Å²) in [5.41, 5.74) is 1.04. The molecule has 26 heavy (non-hydrogen) atoms. The summed E-state index contributed by atoms with van der Waals surface area (Å²) in [6, 6.07) is 18.2. The second-order valence-electron chi connectivity index (χ2n) is 5.37. The quantitative estimate of drug-likeness (QED) is 0.719. The summed E-state index contributed by atoms with van der Waals surface area (Å²) < 4.78 is 7.04. The number of halogens is 1. The van der Waals surface area contributed by atoms with Crippen molar-refractivity contribution >= 4 is 23.3 Å². The monoisotopic (exact) mass is 366 g/mol. The molecule has 3 aromatic rings. The number of carbonyl (C=O) groups excluding carboxylic acids is 1. The van der Waals surface area contributed by atoms with Crippen LogP contribution in [0.4, 0.5) is 5.82 Å². The average molecular weight is 367 g/mol. The molecule has 7 heteroatoms. The fourth-order valence-electron chi connectivity index (χ4n) is 2.30. The van der Waals surface area contributed by atoms with Gasteiger partial charge in [0.1, 0.15) is 17.4 Å². The summed E-state index contributed by atoms with van der Waals surface area (Å²) in [5.74, 6) is 0.706. The molecule has 0 aliphatic rings. The van der Waals surface area contributed by atoms with Gasteiger partial charge in [0.05, 0.1) is 24.9 Å². The molecule has 3 rings (SSSR count). The van der Waals surface area contributed by atoms with Gasteiger partial charge in [-0.1, -0.05) is 29.8 Å². The minimum atomic E-state index is -0.270. The number of ether oxygens (including phenoxy) is 1. The molecule has 0 fully saturated rings. The minimum absolute atomic E-state index is 0.132. The highest BCUT2D eigenvalue weighted by Crippen LogP contribution is 2.20. The summed E-state index contributed by atoms with van der Waals surface area (Å²) >= 11 is 5.82. The lowest BCUT2D eigenvalue weighted by Crippen LogP contribution is -2.18. The third-order valence-electron chi connectivity index (χ3n) is 3.56. The van der Waals surface area contributed by atoms with Crippen molar-refractivity contribution in [3.8, 4) is 17.5 Å². The summed E-state index contributed by atoms with van der Waals surface area (Å²) in [7, 11) is 0. The van der Waals surface area contributed by atoms with E-state index >= 15 is 0 Å². The lowest BCUT2D eigenvalue weighted by Gasteiger charge is -2.10. The van der Waals surface area contributed by atoms with E-state index in [9.17, 15) is 10.1 Å². The van der Waals surface area contributed by atoms with Crippen molar-refractivity contribution in [3.63, 3.8) is 0 Å². The summed E-state index contributed by atoms with van der Waals surface area (Å²) in [4.78, 5) is 12.2. The predicted octanol–water partition coefficient (Wildman–Crippen LogP) is 3.80. The van der Waals surface area contributed by atoms with Crippen LogP contribution in [0.3, 0.4) is 0 Å². The summed E-state index contributed by atoms with van der Waals surface area (Å²) in [6.45, 7) is 0.203. The molecule has 0 atom stereocenters. The first-order valence-electron chi connectivity index (χ1n) is 7.89. The fourth-order valence-corrected chi connectivity index (χ4v) is 2.43. The summed E-state index contributed by atoms with van der Waals surface area (Å²) in [6.07, 6.45) is 1.56. The molecule has 0 spiro atoms. The van der Waals surface area contributed by atoms with Gasteiger partial charge in [-0.05, 0) is 36.4 Å². The predicted molar refractivity (Wildman–Crippen MR) is 98.5 cm³/mol. The molecule has 0 aliphatic heterocycles. The van der Waals surface area contributed by atoms with Crippen LogP contribution in [0.5, 0.6) is 5.75 Å². The van der Waals surface area contributed by atoms with Gasteiger partial charge in [-0.3, -0.25) is 4.79 Å². The van der Waals surface area contributed by atoms with Gasteiger partial charge in [-0.2, -0.15) is 10.4 Å². The van der Waals surface area contributed by atoms with E-state index in [2.05, 4.69) is 10.4 Å². The van der Waals surface area contributed by atoms with Crippen molar-refractivity contribution in [3.05, 3.63) is 71.4 Å². The average Bonchev–Trinajstić information content (AvgIpc) is 3.06. The molecule has 1 heterocycles. The Labute approximate surface area is 155 Å². The van der Waals surface area contributed by atoms with Crippen molar-refractivity contribution in [2.75, 3.05) is 11.9 Å². The normalized spacial score (nSPS) is 10.2. The third-order valence-corrected chi connectivity index (χ3v) is 3.81. The maximum Gasteiger partial charge on any atom is 0.228 e. The van der Waals surface area contributed by atoms with Crippen molar-refractivity contribution in [1.82, 2.24) is 9.78 Å². The Morgan fingerprint density at radius 1 is 1.19 bits per heavy atom. The van der Waals surface area contributed by atoms with Crippen LogP contribution in [-0.2, 0) is 4.79 Å². The molecule has 0 saturated carbocycles. The van der Waals surface area contributed by atoms with Gasteiger partial charge in [0.25, 0.3) is 0 Å². The lowest BCUT2D eigenvalue weighted by molar-refractivity contribution is -0.116. The Hall–Kier alpha value is -3.30. The fraction of sp³-hybridized carbons (Fsp3) is 0.105. The number of benzene rings is 2. The van der Waals surface area contributed by atoms with Gasteiger partial charge in [-0.15, -0.1) is 0 Å². The van der Waals surface area contributed by atoms with Crippen LogP contribution in [0, 0.1) is 11.3 Å². The Kier molecular flexibility index (Phi) is 5.52. The standard InChI is InChI=1S/C19H15ClN4O2/c20-15-6-8-17(9-7-15)26-11-10-18(25)23-19-14(12-21)13-22-24(19)16-4-2-1-3-5-16/h1-9,13H,10-11H2,(H,23,25). The van der Waals surface area contributed by atoms with E-state index in [0.717, 1.165) is 5.69 Å². The third kappa shape index (κ3) is 4.21. The number of para-hydroxylation sites is 1. The number of rotatable bonds is 6. The maximum absolute atomic E-state index is 12.2. The molecule has 6 nitrogen and oxygen atoms in total. The number of nitrogens with zero attached hydrogens (tertiary/aromatic N) is 3.